The van der Waals surface area contributed by atoms with Gasteiger partial charge in [-0.1, -0.05) is 98.9 Å². The molecule has 2 bridgehead atoms. The summed E-state index contributed by atoms with van der Waals surface area (Å²) in [6.07, 6.45) is 4.31. The van der Waals surface area contributed by atoms with Gasteiger partial charge in [-0.3, -0.25) is 14.5 Å². The molecule has 8 rings (SSSR count). The molecule has 1 aromatic rings. The van der Waals surface area contributed by atoms with E-state index in [0.29, 0.717) is 30.8 Å². The van der Waals surface area contributed by atoms with Crippen molar-refractivity contribution < 1.29 is 38.0 Å². The molecule has 4 amide bonds. The van der Waals surface area contributed by atoms with Gasteiger partial charge in [-0.15, -0.1) is 0 Å². The second kappa shape index (κ2) is 14.6. The van der Waals surface area contributed by atoms with Gasteiger partial charge in [0.15, 0.2) is 0 Å². The largest absolute Gasteiger partial charge is 0.481 e. The Morgan fingerprint density at radius 2 is 1.64 bits per heavy atom. The molecule has 2 saturated heterocycles. The SMILES string of the molecule is CC(C)(C)COC(=O)N[C@H](C(=O)N1C[C@H](OC(=O)N2Cc3ccccc3C2)C[C@H]1C(=O)N[C@@H](CC1CCC1)B1O[C@@H]2C[C@@H]3C[C@@H](C3(C)C)[C@]2(C)O1)C(C)(C)C. The molecule has 4 saturated carbocycles. The number of nitrogens with one attached hydrogen (secondary N) is 2. The first-order chi connectivity index (χ1) is 25.7. The van der Waals surface area contributed by atoms with E-state index in [4.69, 9.17) is 18.8 Å². The van der Waals surface area contributed by atoms with Crippen molar-refractivity contribution in [2.75, 3.05) is 13.2 Å². The van der Waals surface area contributed by atoms with Gasteiger partial charge in [0.1, 0.15) is 18.2 Å². The van der Waals surface area contributed by atoms with Gasteiger partial charge >= 0.3 is 19.3 Å². The minimum atomic E-state index is -1.01. The number of fused-ring (bicyclic) bond motifs is 1. The molecule has 3 aliphatic heterocycles. The Hall–Kier alpha value is -3.32. The lowest BCUT2D eigenvalue weighted by molar-refractivity contribution is -0.199. The molecule has 0 spiro atoms. The monoisotopic (exact) mass is 762 g/mol. The lowest BCUT2D eigenvalue weighted by Gasteiger charge is -2.64. The Morgan fingerprint density at radius 3 is 2.22 bits per heavy atom. The zero-order valence-electron chi connectivity index (χ0n) is 34.4. The molecule has 302 valence electrons. The van der Waals surface area contributed by atoms with Crippen molar-refractivity contribution in [1.29, 1.82) is 0 Å². The van der Waals surface area contributed by atoms with Gasteiger partial charge in [0, 0.05) is 19.5 Å². The van der Waals surface area contributed by atoms with E-state index in [2.05, 4.69) is 31.4 Å². The van der Waals surface area contributed by atoms with Crippen LogP contribution in [0.4, 0.5) is 9.59 Å². The molecular formula is C42H63BN4O8. The predicted octanol–water partition coefficient (Wildman–Crippen LogP) is 6.24. The number of ether oxygens (including phenoxy) is 2. The van der Waals surface area contributed by atoms with E-state index in [9.17, 15) is 19.2 Å². The molecule has 2 N–H and O–H groups in total. The van der Waals surface area contributed by atoms with Crippen LogP contribution in [0.25, 0.3) is 0 Å². The van der Waals surface area contributed by atoms with Crippen LogP contribution in [0.1, 0.15) is 118 Å². The van der Waals surface area contributed by atoms with Crippen LogP contribution < -0.4 is 10.6 Å². The van der Waals surface area contributed by atoms with Gasteiger partial charge in [0.2, 0.25) is 11.8 Å². The van der Waals surface area contributed by atoms with E-state index < -0.39 is 60.4 Å². The Balaban J connectivity index is 1.10. The lowest BCUT2D eigenvalue weighted by Crippen LogP contribution is -2.65. The summed E-state index contributed by atoms with van der Waals surface area (Å²) in [5, 5.41) is 6.12. The fraction of sp³-hybridized carbons (Fsp3) is 0.762. The van der Waals surface area contributed by atoms with Crippen LogP contribution in [0.5, 0.6) is 0 Å². The number of hydrogen-bond acceptors (Lipinski definition) is 8. The summed E-state index contributed by atoms with van der Waals surface area (Å²) < 4.78 is 25.2. The van der Waals surface area contributed by atoms with Crippen molar-refractivity contribution >= 4 is 31.1 Å². The van der Waals surface area contributed by atoms with Gasteiger partial charge < -0.3 is 34.3 Å². The summed E-state index contributed by atoms with van der Waals surface area (Å²) in [6, 6.07) is 5.95. The minimum absolute atomic E-state index is 0.0107. The number of hydrogen-bond donors (Lipinski definition) is 2. The number of rotatable bonds is 9. The minimum Gasteiger partial charge on any atom is -0.449 e. The number of carbonyl (C=O) groups is 4. The average molecular weight is 763 g/mol. The Bertz CT molecular complexity index is 1630. The molecule has 12 nitrogen and oxygen atoms in total. The molecule has 8 atom stereocenters. The fourth-order valence-electron chi connectivity index (χ4n) is 9.99. The maximum atomic E-state index is 14.6. The van der Waals surface area contributed by atoms with Gasteiger partial charge in [-0.05, 0) is 71.3 Å². The average Bonchev–Trinajstić information content (AvgIpc) is 3.80. The standard InChI is InChI=1S/C42H63BN4O8/c1-39(2,3)24-52-37(50)45-34(40(4,5)6)36(49)47-23-29(53-38(51)46-21-26-15-10-11-16-27(26)22-46)20-30(47)35(48)44-33(17-25-13-12-14-25)43-54-32-19-28-18-31(41(28,7)8)42(32,9)55-43/h10-11,15-16,25,28-34H,12-14,17-24H2,1-9H3,(H,44,48)(H,45,50)/t28-,29+,30-,31-,32+,33-,34+,42-/m0/s1. The van der Waals surface area contributed by atoms with E-state index in [1.807, 2.05) is 65.8 Å². The smallest absolute Gasteiger partial charge is 0.449 e. The molecule has 1 aromatic carbocycles. The number of likely N-dealkylation sites (tertiary alicyclic amines) is 1. The number of benzene rings is 1. The molecule has 6 fully saturated rings. The molecule has 0 aromatic heterocycles. The van der Waals surface area contributed by atoms with Crippen LogP contribution in [0.15, 0.2) is 24.3 Å². The first kappa shape index (κ1) is 39.9. The van der Waals surface area contributed by atoms with Gasteiger partial charge in [-0.2, -0.15) is 0 Å². The number of alkyl carbamates (subject to hydrolysis) is 1. The van der Waals surface area contributed by atoms with Gasteiger partial charge in [0.05, 0.1) is 30.8 Å². The number of carbonyl (C=O) groups excluding carboxylic acids is 4. The highest BCUT2D eigenvalue weighted by Crippen LogP contribution is 2.65. The highest BCUT2D eigenvalue weighted by molar-refractivity contribution is 6.48. The highest BCUT2D eigenvalue weighted by atomic mass is 16.7. The Kier molecular flexibility index (Phi) is 10.6. The molecular weight excluding hydrogens is 699 g/mol. The normalized spacial score (nSPS) is 30.7. The quantitative estimate of drug-likeness (QED) is 0.283. The van der Waals surface area contributed by atoms with E-state index in [1.54, 1.807) is 4.90 Å². The first-order valence-electron chi connectivity index (χ1n) is 20.6. The summed E-state index contributed by atoms with van der Waals surface area (Å²) >= 11 is 0. The maximum absolute atomic E-state index is 14.6. The lowest BCUT2D eigenvalue weighted by atomic mass is 9.43. The van der Waals surface area contributed by atoms with Gasteiger partial charge in [-0.25, -0.2) is 9.59 Å². The molecule has 7 aliphatic rings. The van der Waals surface area contributed by atoms with Gasteiger partial charge in [0.25, 0.3) is 0 Å². The first-order valence-corrected chi connectivity index (χ1v) is 20.6. The second-order valence-corrected chi connectivity index (χ2v) is 20.4. The van der Waals surface area contributed by atoms with Crippen molar-refractivity contribution in [2.45, 2.75) is 156 Å². The van der Waals surface area contributed by atoms with Crippen LogP contribution in [-0.2, 0) is 41.5 Å². The zero-order chi connectivity index (χ0) is 39.7. The second-order valence-electron chi connectivity index (χ2n) is 20.4. The van der Waals surface area contributed by atoms with E-state index in [0.717, 1.165) is 49.7 Å². The van der Waals surface area contributed by atoms with E-state index in [1.165, 1.54) is 4.90 Å². The molecule has 55 heavy (non-hydrogen) atoms. The summed E-state index contributed by atoms with van der Waals surface area (Å²) in [6.45, 7) is 19.4. The summed E-state index contributed by atoms with van der Waals surface area (Å²) in [7, 11) is -0.604. The van der Waals surface area contributed by atoms with Crippen molar-refractivity contribution in [3.63, 3.8) is 0 Å². The molecule has 4 aliphatic carbocycles. The summed E-state index contributed by atoms with van der Waals surface area (Å²) in [4.78, 5) is 59.0. The Labute approximate surface area is 327 Å². The number of amides is 4. The van der Waals surface area contributed by atoms with Crippen molar-refractivity contribution in [3.8, 4) is 0 Å². The molecule has 0 radical (unpaired) electrons. The van der Waals surface area contributed by atoms with Crippen LogP contribution in [-0.4, -0.2) is 89.9 Å². The third-order valence-electron chi connectivity index (χ3n) is 13.7. The predicted molar refractivity (Wildman–Crippen MR) is 207 cm³/mol. The highest BCUT2D eigenvalue weighted by Gasteiger charge is 2.68. The molecule has 13 heteroatoms. The van der Waals surface area contributed by atoms with E-state index >= 15 is 0 Å². The summed E-state index contributed by atoms with van der Waals surface area (Å²) in [5.41, 5.74) is 0.901. The zero-order valence-corrected chi connectivity index (χ0v) is 34.4. The topological polar surface area (TPSA) is 136 Å². The van der Waals surface area contributed by atoms with Crippen LogP contribution in [0, 0.1) is 34.0 Å². The maximum Gasteiger partial charge on any atom is 0.481 e. The molecule has 3 heterocycles. The summed E-state index contributed by atoms with van der Waals surface area (Å²) in [5.74, 6) is 0.242. The van der Waals surface area contributed by atoms with Crippen molar-refractivity contribution in [3.05, 3.63) is 35.4 Å². The number of nitrogens with zero attached hydrogens (tertiary/aromatic N) is 2. The fourth-order valence-corrected chi connectivity index (χ4v) is 9.99. The Morgan fingerprint density at radius 1 is 0.964 bits per heavy atom. The van der Waals surface area contributed by atoms with Crippen LogP contribution in [0.3, 0.4) is 0 Å². The van der Waals surface area contributed by atoms with Crippen LogP contribution >= 0.6 is 0 Å². The molecule has 0 unspecified atom stereocenters. The van der Waals surface area contributed by atoms with Crippen molar-refractivity contribution in [1.82, 2.24) is 20.4 Å². The third-order valence-corrected chi connectivity index (χ3v) is 13.7. The third kappa shape index (κ3) is 7.98. The van der Waals surface area contributed by atoms with E-state index in [-0.39, 0.29) is 42.4 Å². The van der Waals surface area contributed by atoms with Crippen LogP contribution in [0.2, 0.25) is 0 Å². The van der Waals surface area contributed by atoms with Crippen molar-refractivity contribution in [2.24, 2.45) is 34.0 Å².